The van der Waals surface area contributed by atoms with Crippen LogP contribution in [0.4, 0.5) is 0 Å². The number of furan rings is 1. The Balaban J connectivity index is 2.40. The summed E-state index contributed by atoms with van der Waals surface area (Å²) in [5.74, 6) is 1.67. The van der Waals surface area contributed by atoms with Crippen LogP contribution in [0, 0.1) is 11.8 Å². The number of rotatable bonds is 7. The fourth-order valence-corrected chi connectivity index (χ4v) is 1.90. The molecule has 0 spiro atoms. The fraction of sp³-hybridized carbons (Fsp3) is 0.615. The van der Waals surface area contributed by atoms with Crippen molar-refractivity contribution >= 4 is 5.78 Å². The average molecular weight is 223 g/mol. The molecule has 0 fully saturated rings. The van der Waals surface area contributed by atoms with Crippen LogP contribution in [-0.4, -0.2) is 12.3 Å². The van der Waals surface area contributed by atoms with E-state index in [4.69, 9.17) is 10.2 Å². The van der Waals surface area contributed by atoms with Gasteiger partial charge in [-0.2, -0.15) is 0 Å². The maximum atomic E-state index is 11.7. The van der Waals surface area contributed by atoms with Gasteiger partial charge < -0.3 is 10.2 Å². The number of carbonyl (C=O) groups excluding carboxylic acids is 1. The number of hydrogen-bond donors (Lipinski definition) is 1. The molecule has 0 aromatic carbocycles. The smallest absolute Gasteiger partial charge is 0.197 e. The Morgan fingerprint density at radius 3 is 2.69 bits per heavy atom. The van der Waals surface area contributed by atoms with Gasteiger partial charge in [0, 0.05) is 6.42 Å². The zero-order valence-electron chi connectivity index (χ0n) is 10.1. The summed E-state index contributed by atoms with van der Waals surface area (Å²) >= 11 is 0. The van der Waals surface area contributed by atoms with E-state index in [2.05, 4.69) is 13.8 Å². The molecular formula is C13H21NO2. The summed E-state index contributed by atoms with van der Waals surface area (Å²) in [6.45, 7) is 5.05. The van der Waals surface area contributed by atoms with Crippen LogP contribution in [0.25, 0.3) is 0 Å². The van der Waals surface area contributed by atoms with Gasteiger partial charge in [-0.05, 0) is 43.4 Å². The van der Waals surface area contributed by atoms with Gasteiger partial charge in [-0.1, -0.05) is 13.8 Å². The average Bonchev–Trinajstić information content (AvgIpc) is 2.76. The van der Waals surface area contributed by atoms with Crippen molar-refractivity contribution < 1.29 is 9.21 Å². The van der Waals surface area contributed by atoms with E-state index in [0.717, 1.165) is 12.8 Å². The molecular weight excluding hydrogens is 202 g/mol. The van der Waals surface area contributed by atoms with Crippen LogP contribution in [0.15, 0.2) is 22.8 Å². The van der Waals surface area contributed by atoms with E-state index in [1.54, 1.807) is 12.1 Å². The lowest BCUT2D eigenvalue weighted by atomic mass is 9.87. The Bertz CT molecular complexity index is 304. The third-order valence-electron chi connectivity index (χ3n) is 3.02. The Kier molecular flexibility index (Phi) is 5.26. The summed E-state index contributed by atoms with van der Waals surface area (Å²) in [4.78, 5) is 11.7. The summed E-state index contributed by atoms with van der Waals surface area (Å²) in [6.07, 6.45) is 3.97. The molecule has 1 aromatic rings. The Morgan fingerprint density at radius 2 is 2.19 bits per heavy atom. The first-order chi connectivity index (χ1) is 7.65. The van der Waals surface area contributed by atoms with Crippen LogP contribution < -0.4 is 5.73 Å². The largest absolute Gasteiger partial charge is 0.461 e. The lowest BCUT2D eigenvalue weighted by Gasteiger charge is -2.19. The minimum Gasteiger partial charge on any atom is -0.461 e. The zero-order chi connectivity index (χ0) is 12.0. The molecule has 1 heterocycles. The predicted octanol–water partition coefficient (Wildman–Crippen LogP) is 2.86. The first-order valence-corrected chi connectivity index (χ1v) is 5.92. The molecule has 1 atom stereocenters. The second kappa shape index (κ2) is 6.48. The predicted molar refractivity (Wildman–Crippen MR) is 64.3 cm³/mol. The van der Waals surface area contributed by atoms with E-state index in [1.165, 1.54) is 6.26 Å². The summed E-state index contributed by atoms with van der Waals surface area (Å²) in [7, 11) is 0. The minimum absolute atomic E-state index is 0.0904. The van der Waals surface area contributed by atoms with E-state index < -0.39 is 0 Å². The quantitative estimate of drug-likeness (QED) is 0.723. The summed E-state index contributed by atoms with van der Waals surface area (Å²) in [5, 5.41) is 0. The maximum Gasteiger partial charge on any atom is 0.197 e. The zero-order valence-corrected chi connectivity index (χ0v) is 10.1. The number of hydrogen-bond acceptors (Lipinski definition) is 3. The molecule has 3 heteroatoms. The first kappa shape index (κ1) is 13.0. The Hall–Kier alpha value is -1.09. The topological polar surface area (TPSA) is 56.2 Å². The van der Waals surface area contributed by atoms with Crippen molar-refractivity contribution in [1.29, 1.82) is 0 Å². The highest BCUT2D eigenvalue weighted by Gasteiger charge is 2.16. The Labute approximate surface area is 97.0 Å². The third-order valence-corrected chi connectivity index (χ3v) is 3.02. The molecule has 1 unspecified atom stereocenters. The summed E-state index contributed by atoms with van der Waals surface area (Å²) < 4.78 is 5.07. The number of ketones is 1. The van der Waals surface area contributed by atoms with Crippen molar-refractivity contribution in [2.24, 2.45) is 17.6 Å². The maximum absolute atomic E-state index is 11.7. The van der Waals surface area contributed by atoms with Gasteiger partial charge in [0.2, 0.25) is 0 Å². The van der Waals surface area contributed by atoms with E-state index >= 15 is 0 Å². The van der Waals surface area contributed by atoms with E-state index in [0.29, 0.717) is 30.6 Å². The van der Waals surface area contributed by atoms with Gasteiger partial charge >= 0.3 is 0 Å². The Morgan fingerprint density at radius 1 is 1.44 bits per heavy atom. The van der Waals surface area contributed by atoms with Crippen molar-refractivity contribution in [2.75, 3.05) is 6.54 Å². The van der Waals surface area contributed by atoms with E-state index in [-0.39, 0.29) is 5.78 Å². The first-order valence-electron chi connectivity index (χ1n) is 5.92. The van der Waals surface area contributed by atoms with Gasteiger partial charge in [0.1, 0.15) is 0 Å². The molecule has 0 bridgehead atoms. The molecule has 0 saturated heterocycles. The molecule has 0 radical (unpaired) electrons. The van der Waals surface area contributed by atoms with Gasteiger partial charge in [-0.15, -0.1) is 0 Å². The minimum atomic E-state index is 0.0904. The molecule has 0 aliphatic carbocycles. The molecule has 1 rings (SSSR count). The molecule has 0 amide bonds. The van der Waals surface area contributed by atoms with Gasteiger partial charge in [0.05, 0.1) is 6.26 Å². The molecule has 1 aromatic heterocycles. The van der Waals surface area contributed by atoms with E-state index in [1.807, 2.05) is 0 Å². The summed E-state index contributed by atoms with van der Waals surface area (Å²) in [6, 6.07) is 3.46. The molecule has 2 N–H and O–H groups in total. The lowest BCUT2D eigenvalue weighted by Crippen LogP contribution is -2.15. The number of carbonyl (C=O) groups is 1. The lowest BCUT2D eigenvalue weighted by molar-refractivity contribution is 0.0942. The standard InChI is InChI=1S/C13H21NO2/c1-10(2)11(7-8-14)5-6-12(15)13-4-3-9-16-13/h3-4,9-11H,5-8,14H2,1-2H3. The molecule has 0 aliphatic heterocycles. The van der Waals surface area contributed by atoms with Crippen LogP contribution in [-0.2, 0) is 0 Å². The molecule has 16 heavy (non-hydrogen) atoms. The second-order valence-electron chi connectivity index (χ2n) is 4.52. The van der Waals surface area contributed by atoms with Gasteiger partial charge in [0.15, 0.2) is 11.5 Å². The van der Waals surface area contributed by atoms with Gasteiger partial charge in [-0.3, -0.25) is 4.79 Å². The highest BCUT2D eigenvalue weighted by Crippen LogP contribution is 2.21. The van der Waals surface area contributed by atoms with Crippen LogP contribution >= 0.6 is 0 Å². The molecule has 90 valence electrons. The van der Waals surface area contributed by atoms with Crippen molar-refractivity contribution in [3.8, 4) is 0 Å². The highest BCUT2D eigenvalue weighted by molar-refractivity contribution is 5.93. The van der Waals surface area contributed by atoms with Gasteiger partial charge in [0.25, 0.3) is 0 Å². The van der Waals surface area contributed by atoms with Crippen molar-refractivity contribution in [1.82, 2.24) is 0 Å². The van der Waals surface area contributed by atoms with Crippen molar-refractivity contribution in [3.05, 3.63) is 24.2 Å². The van der Waals surface area contributed by atoms with Crippen LogP contribution in [0.2, 0.25) is 0 Å². The molecule has 0 aliphatic rings. The third kappa shape index (κ3) is 3.81. The van der Waals surface area contributed by atoms with Crippen molar-refractivity contribution in [2.45, 2.75) is 33.1 Å². The van der Waals surface area contributed by atoms with E-state index in [9.17, 15) is 4.79 Å². The summed E-state index contributed by atoms with van der Waals surface area (Å²) in [5.41, 5.74) is 5.56. The SMILES string of the molecule is CC(C)C(CCN)CCC(=O)c1ccco1. The van der Waals surface area contributed by atoms with Crippen molar-refractivity contribution in [3.63, 3.8) is 0 Å². The highest BCUT2D eigenvalue weighted by atomic mass is 16.3. The second-order valence-corrected chi connectivity index (χ2v) is 4.52. The number of nitrogens with two attached hydrogens (primary N) is 1. The molecule has 0 saturated carbocycles. The molecule has 3 nitrogen and oxygen atoms in total. The monoisotopic (exact) mass is 223 g/mol. The van der Waals surface area contributed by atoms with Crippen LogP contribution in [0.1, 0.15) is 43.7 Å². The van der Waals surface area contributed by atoms with Crippen LogP contribution in [0.3, 0.4) is 0 Å². The van der Waals surface area contributed by atoms with Gasteiger partial charge in [-0.25, -0.2) is 0 Å². The normalized spacial score (nSPS) is 13.0. The van der Waals surface area contributed by atoms with Crippen LogP contribution in [0.5, 0.6) is 0 Å². The fourth-order valence-electron chi connectivity index (χ4n) is 1.90. The number of Topliss-reactive ketones (excluding diaryl/α,β-unsaturated/α-hetero) is 1.